The van der Waals surface area contributed by atoms with Gasteiger partial charge in [0, 0.05) is 35.1 Å². The Morgan fingerprint density at radius 3 is 1.68 bits per heavy atom. The van der Waals surface area contributed by atoms with Gasteiger partial charge in [-0.25, -0.2) is 9.59 Å². The van der Waals surface area contributed by atoms with Crippen molar-refractivity contribution in [1.29, 1.82) is 0 Å². The van der Waals surface area contributed by atoms with E-state index in [4.69, 9.17) is 27.9 Å². The second-order valence-electron chi connectivity index (χ2n) is 9.54. The third-order valence-corrected chi connectivity index (χ3v) is 5.97. The fourth-order valence-corrected chi connectivity index (χ4v) is 4.22. The summed E-state index contributed by atoms with van der Waals surface area (Å²) in [6.07, 6.45) is 0.191. The zero-order valence-electron chi connectivity index (χ0n) is 20.5. The lowest BCUT2D eigenvalue weighted by molar-refractivity contribution is -0.131. The minimum absolute atomic E-state index is 0.269. The third-order valence-electron chi connectivity index (χ3n) is 5.47. The molecule has 2 aromatic rings. The monoisotopic (exact) mass is 508 g/mol. The van der Waals surface area contributed by atoms with E-state index in [0.717, 1.165) is 17.5 Å². The first kappa shape index (κ1) is 27.8. The van der Waals surface area contributed by atoms with E-state index in [0.29, 0.717) is 22.9 Å². The minimum atomic E-state index is -1.34. The topological polar surface area (TPSA) is 70.1 Å². The van der Waals surface area contributed by atoms with Crippen LogP contribution in [0.5, 0.6) is 0 Å². The Kier molecular flexibility index (Phi) is 9.65. The van der Waals surface area contributed by atoms with Crippen molar-refractivity contribution in [2.45, 2.75) is 78.2 Å². The fourth-order valence-electron chi connectivity index (χ4n) is 3.97. The molecule has 0 aromatic heterocycles. The van der Waals surface area contributed by atoms with Gasteiger partial charge < -0.3 is 9.84 Å². The normalized spacial score (nSPS) is 13.1. The van der Waals surface area contributed by atoms with E-state index >= 15 is 0 Å². The molecule has 0 saturated carbocycles. The number of carbonyl (C=O) groups excluding carboxylic acids is 1. The van der Waals surface area contributed by atoms with E-state index in [9.17, 15) is 14.7 Å². The molecule has 0 heterocycles. The summed E-state index contributed by atoms with van der Waals surface area (Å²) in [4.78, 5) is 28.6. The van der Waals surface area contributed by atoms with Gasteiger partial charge in [-0.3, -0.25) is 9.80 Å². The summed E-state index contributed by atoms with van der Waals surface area (Å²) >= 11 is 12.0. The zero-order chi connectivity index (χ0) is 25.5. The zero-order valence-corrected chi connectivity index (χ0v) is 22.0. The number of halogens is 2. The molecule has 0 saturated heterocycles. The molecule has 1 atom stereocenters. The molecule has 8 heteroatoms. The summed E-state index contributed by atoms with van der Waals surface area (Å²) in [5.41, 5.74) is -0.366. The Morgan fingerprint density at radius 1 is 0.882 bits per heavy atom. The van der Waals surface area contributed by atoms with Crippen LogP contribution in [0.1, 0.15) is 65.0 Å². The molecule has 0 aliphatic heterocycles. The number of unbranched alkanes of at least 4 members (excludes halogenated alkanes) is 1. The molecule has 1 N–H and O–H groups in total. The molecule has 34 heavy (non-hydrogen) atoms. The second-order valence-corrected chi connectivity index (χ2v) is 10.4. The molecular formula is C26H34Cl2N2O4. The maximum atomic E-state index is 13.6. The Balaban J connectivity index is 2.39. The van der Waals surface area contributed by atoms with Crippen molar-refractivity contribution in [3.63, 3.8) is 0 Å². The maximum Gasteiger partial charge on any atom is 0.412 e. The number of ether oxygens (including phenoxy) is 1. The molecule has 2 aromatic carbocycles. The van der Waals surface area contributed by atoms with Gasteiger partial charge in [-0.2, -0.15) is 0 Å². The lowest BCUT2D eigenvalue weighted by atomic mass is 9.98. The molecule has 0 fully saturated rings. The van der Waals surface area contributed by atoms with Crippen LogP contribution in [0.3, 0.4) is 0 Å². The average molecular weight is 509 g/mol. The third kappa shape index (κ3) is 7.81. The first-order valence-corrected chi connectivity index (χ1v) is 12.1. The van der Waals surface area contributed by atoms with Gasteiger partial charge >= 0.3 is 12.2 Å². The van der Waals surface area contributed by atoms with Crippen LogP contribution in [-0.4, -0.2) is 38.4 Å². The van der Waals surface area contributed by atoms with Gasteiger partial charge in [0.2, 0.25) is 0 Å². The van der Waals surface area contributed by atoms with Crippen LogP contribution in [0.2, 0.25) is 10.0 Å². The summed E-state index contributed by atoms with van der Waals surface area (Å²) in [7, 11) is 0. The lowest BCUT2D eigenvalue weighted by Crippen LogP contribution is -2.60. The Labute approximate surface area is 212 Å². The van der Waals surface area contributed by atoms with Crippen LogP contribution >= 0.6 is 23.2 Å². The van der Waals surface area contributed by atoms with Crippen LogP contribution in [0, 0.1) is 0 Å². The molecule has 186 valence electrons. The molecule has 0 radical (unpaired) electrons. The summed E-state index contributed by atoms with van der Waals surface area (Å²) in [5.74, 6) is 0. The number of carbonyl (C=O) groups is 2. The summed E-state index contributed by atoms with van der Waals surface area (Å²) in [5, 5.41) is 11.2. The van der Waals surface area contributed by atoms with Gasteiger partial charge in [-0.05, 0) is 69.5 Å². The number of hydrogen-bond acceptors (Lipinski definition) is 3. The standard InChI is InChI=1S/C26H34Cl2N2O4/c1-6-7-16-26(5,30(23(31)32)25(2,3)4)34-24(33)29(17-19-8-12-21(27)13-9-19)18-20-10-14-22(28)15-11-20/h8-15H,6-7,16-18H2,1-5H3,(H,31,32)/t26-/m0/s1. The van der Waals surface area contributed by atoms with E-state index in [-0.39, 0.29) is 13.1 Å². The van der Waals surface area contributed by atoms with Gasteiger partial charge in [0.05, 0.1) is 0 Å². The molecule has 6 nitrogen and oxygen atoms in total. The van der Waals surface area contributed by atoms with Crippen molar-refractivity contribution < 1.29 is 19.4 Å². The van der Waals surface area contributed by atoms with E-state index < -0.39 is 23.5 Å². The molecule has 2 amide bonds. The number of amides is 2. The van der Waals surface area contributed by atoms with Crippen molar-refractivity contribution in [3.05, 3.63) is 69.7 Å². The molecular weight excluding hydrogens is 475 g/mol. The van der Waals surface area contributed by atoms with Crippen molar-refractivity contribution in [1.82, 2.24) is 9.80 Å². The number of hydrogen-bond donors (Lipinski definition) is 1. The summed E-state index contributed by atoms with van der Waals surface area (Å²) < 4.78 is 6.02. The van der Waals surface area contributed by atoms with Gasteiger partial charge in [-0.1, -0.05) is 60.8 Å². The Bertz CT molecular complexity index is 911. The minimum Gasteiger partial charge on any atom is -0.465 e. The van der Waals surface area contributed by atoms with Gasteiger partial charge in [0.1, 0.15) is 0 Å². The number of nitrogens with zero attached hydrogens (tertiary/aromatic N) is 2. The predicted molar refractivity (Wildman–Crippen MR) is 136 cm³/mol. The lowest BCUT2D eigenvalue weighted by Gasteiger charge is -2.46. The van der Waals surface area contributed by atoms with Crippen LogP contribution in [-0.2, 0) is 17.8 Å². The largest absolute Gasteiger partial charge is 0.465 e. The molecule has 0 unspecified atom stereocenters. The quantitative estimate of drug-likeness (QED) is 0.350. The van der Waals surface area contributed by atoms with Crippen molar-refractivity contribution in [3.8, 4) is 0 Å². The predicted octanol–water partition coefficient (Wildman–Crippen LogP) is 7.82. The van der Waals surface area contributed by atoms with Gasteiger partial charge in [0.15, 0.2) is 5.72 Å². The van der Waals surface area contributed by atoms with Crippen molar-refractivity contribution in [2.75, 3.05) is 0 Å². The van der Waals surface area contributed by atoms with Gasteiger partial charge in [-0.15, -0.1) is 0 Å². The maximum absolute atomic E-state index is 13.6. The second kappa shape index (κ2) is 11.8. The highest BCUT2D eigenvalue weighted by Crippen LogP contribution is 2.32. The van der Waals surface area contributed by atoms with Gasteiger partial charge in [0.25, 0.3) is 0 Å². The number of carboxylic acid groups (broad SMARTS) is 1. The van der Waals surface area contributed by atoms with E-state index in [2.05, 4.69) is 0 Å². The first-order chi connectivity index (χ1) is 15.9. The van der Waals surface area contributed by atoms with Crippen LogP contribution in [0.25, 0.3) is 0 Å². The highest BCUT2D eigenvalue weighted by molar-refractivity contribution is 6.30. The molecule has 0 spiro atoms. The highest BCUT2D eigenvalue weighted by Gasteiger charge is 2.45. The van der Waals surface area contributed by atoms with E-state index in [1.807, 2.05) is 31.2 Å². The van der Waals surface area contributed by atoms with Crippen molar-refractivity contribution >= 4 is 35.4 Å². The molecule has 0 aliphatic rings. The van der Waals surface area contributed by atoms with Crippen LogP contribution in [0.4, 0.5) is 9.59 Å². The Morgan fingerprint density at radius 2 is 1.32 bits per heavy atom. The number of rotatable bonds is 9. The Hall–Kier alpha value is -2.44. The number of benzene rings is 2. The van der Waals surface area contributed by atoms with Crippen LogP contribution < -0.4 is 0 Å². The molecule has 0 bridgehead atoms. The van der Waals surface area contributed by atoms with Crippen LogP contribution in [0.15, 0.2) is 48.5 Å². The summed E-state index contributed by atoms with van der Waals surface area (Å²) in [6.45, 7) is 9.59. The fraction of sp³-hybridized carbons (Fsp3) is 0.462. The average Bonchev–Trinajstić information content (AvgIpc) is 2.73. The SMILES string of the molecule is CCCC[C@](C)(OC(=O)N(Cc1ccc(Cl)cc1)Cc1ccc(Cl)cc1)N(C(=O)O)C(C)(C)C. The van der Waals surface area contributed by atoms with E-state index in [1.54, 1.807) is 56.9 Å². The smallest absolute Gasteiger partial charge is 0.412 e. The van der Waals surface area contributed by atoms with Crippen molar-refractivity contribution in [2.24, 2.45) is 0 Å². The molecule has 0 aliphatic carbocycles. The highest BCUT2D eigenvalue weighted by atomic mass is 35.5. The van der Waals surface area contributed by atoms with E-state index in [1.165, 1.54) is 4.90 Å². The summed E-state index contributed by atoms with van der Waals surface area (Å²) in [6, 6.07) is 14.4. The molecule has 2 rings (SSSR count). The first-order valence-electron chi connectivity index (χ1n) is 11.4.